The molecule has 11 heteroatoms. The van der Waals surface area contributed by atoms with Crippen LogP contribution in [0.2, 0.25) is 5.15 Å². The lowest BCUT2D eigenvalue weighted by Crippen LogP contribution is -2.50. The highest BCUT2D eigenvalue weighted by atomic mass is 35.5. The number of aliphatic hydroxyl groups excluding tert-OH is 1. The minimum absolute atomic E-state index is 0.0123. The maximum atomic E-state index is 12.4. The molecular formula is C25H30ClN7O3. The van der Waals surface area contributed by atoms with Gasteiger partial charge in [-0.3, -0.25) is 4.79 Å². The molecule has 0 spiro atoms. The monoisotopic (exact) mass is 511 g/mol. The van der Waals surface area contributed by atoms with E-state index in [1.807, 2.05) is 18.2 Å². The highest BCUT2D eigenvalue weighted by molar-refractivity contribution is 6.33. The summed E-state index contributed by atoms with van der Waals surface area (Å²) in [4.78, 5) is 29.9. The number of rotatable bonds is 9. The maximum Gasteiger partial charge on any atom is 0.230 e. The molecule has 4 heterocycles. The summed E-state index contributed by atoms with van der Waals surface area (Å²) in [5.41, 5.74) is 1.30. The van der Waals surface area contributed by atoms with E-state index in [-0.39, 0.29) is 18.6 Å². The fraction of sp³-hybridized carbons (Fsp3) is 0.480. The van der Waals surface area contributed by atoms with Crippen molar-refractivity contribution in [1.29, 1.82) is 0 Å². The summed E-state index contributed by atoms with van der Waals surface area (Å²) in [6.45, 7) is 1.50. The van der Waals surface area contributed by atoms with Crippen LogP contribution in [-0.2, 0) is 9.53 Å². The lowest BCUT2D eigenvalue weighted by molar-refractivity contribution is -0.127. The molecule has 4 N–H and O–H groups in total. The van der Waals surface area contributed by atoms with E-state index < -0.39 is 5.92 Å². The molecule has 0 aromatic carbocycles. The molecule has 1 amide bonds. The smallest absolute Gasteiger partial charge is 0.230 e. The molecule has 1 atom stereocenters. The topological polar surface area (TPSA) is 134 Å². The zero-order valence-corrected chi connectivity index (χ0v) is 20.6. The van der Waals surface area contributed by atoms with Gasteiger partial charge < -0.3 is 25.8 Å². The third-order valence-electron chi connectivity index (χ3n) is 6.87. The first kappa shape index (κ1) is 24.6. The van der Waals surface area contributed by atoms with Crippen molar-refractivity contribution in [2.24, 2.45) is 5.92 Å². The van der Waals surface area contributed by atoms with Crippen LogP contribution in [0, 0.1) is 5.92 Å². The van der Waals surface area contributed by atoms with Crippen LogP contribution in [0.1, 0.15) is 37.2 Å². The molecule has 2 aliphatic rings. The molecule has 0 unspecified atom stereocenters. The second kappa shape index (κ2) is 11.3. The molecule has 0 radical (unpaired) electrons. The zero-order valence-electron chi connectivity index (χ0n) is 19.9. The third kappa shape index (κ3) is 5.83. The number of pyridine rings is 2. The van der Waals surface area contributed by atoms with Crippen molar-refractivity contribution in [3.63, 3.8) is 0 Å². The van der Waals surface area contributed by atoms with Gasteiger partial charge in [0.1, 0.15) is 11.3 Å². The molecule has 36 heavy (non-hydrogen) atoms. The van der Waals surface area contributed by atoms with Crippen LogP contribution >= 0.6 is 11.6 Å². The fourth-order valence-electron chi connectivity index (χ4n) is 4.62. The predicted octanol–water partition coefficient (Wildman–Crippen LogP) is 2.75. The number of hydrogen-bond donors (Lipinski definition) is 4. The number of ether oxygens (including phenoxy) is 1. The van der Waals surface area contributed by atoms with Gasteiger partial charge in [-0.2, -0.15) is 0 Å². The number of aliphatic hydroxyl groups is 1. The van der Waals surface area contributed by atoms with Crippen molar-refractivity contribution < 1.29 is 14.6 Å². The summed E-state index contributed by atoms with van der Waals surface area (Å²) in [5.74, 6) is 0.943. The maximum absolute atomic E-state index is 12.4. The molecule has 1 aliphatic carbocycles. The Kier molecular flexibility index (Phi) is 7.74. The van der Waals surface area contributed by atoms with E-state index in [4.69, 9.17) is 16.3 Å². The quantitative estimate of drug-likeness (QED) is 0.320. The van der Waals surface area contributed by atoms with Gasteiger partial charge in [-0.15, -0.1) is 0 Å². The molecule has 3 aromatic heterocycles. The number of anilines is 2. The molecule has 3 aromatic rings. The average molecular weight is 512 g/mol. The largest absolute Gasteiger partial charge is 0.395 e. The highest BCUT2D eigenvalue weighted by Crippen LogP contribution is 2.28. The SMILES string of the molecule is O=C(NC1COC1)[C@@H](CO)c1cnc(NC[C@H]2CC[C@H](Nc3ccc4ccnc(Cl)c4n3)CC2)nc1. The number of fused-ring (bicyclic) bond motifs is 1. The summed E-state index contributed by atoms with van der Waals surface area (Å²) < 4.78 is 5.07. The molecule has 2 fully saturated rings. The Hall–Kier alpha value is -3.08. The lowest BCUT2D eigenvalue weighted by Gasteiger charge is -2.29. The number of halogens is 1. The van der Waals surface area contributed by atoms with Crippen LogP contribution < -0.4 is 16.0 Å². The third-order valence-corrected chi connectivity index (χ3v) is 7.15. The van der Waals surface area contributed by atoms with E-state index in [9.17, 15) is 9.90 Å². The number of nitrogens with zero attached hydrogens (tertiary/aromatic N) is 4. The minimum atomic E-state index is -0.688. The standard InChI is InChI=1S/C25H30ClN7O3/c26-23-22-16(7-8-27-23)3-6-21(33-22)31-18-4-1-15(2-5-18)9-28-25-29-10-17(11-30-25)20(12-34)24(35)32-19-13-36-14-19/h3,6-8,10-11,15,18-20,34H,1-2,4-5,9,12-14H2,(H,31,33)(H,32,35)(H,28,29,30)/t15-,18-,20-/m0/s1. The Labute approximate surface area is 214 Å². The van der Waals surface area contributed by atoms with Gasteiger partial charge in [-0.05, 0) is 49.8 Å². The Morgan fingerprint density at radius 2 is 1.86 bits per heavy atom. The lowest BCUT2D eigenvalue weighted by atomic mass is 9.86. The molecule has 1 aliphatic heterocycles. The normalized spacial score (nSPS) is 20.9. The van der Waals surface area contributed by atoms with E-state index in [1.54, 1.807) is 18.6 Å². The summed E-state index contributed by atoms with van der Waals surface area (Å²) >= 11 is 6.20. The van der Waals surface area contributed by atoms with Crippen molar-refractivity contribution in [2.75, 3.05) is 37.0 Å². The van der Waals surface area contributed by atoms with E-state index in [1.165, 1.54) is 0 Å². The van der Waals surface area contributed by atoms with Crippen LogP contribution in [-0.4, -0.2) is 69.4 Å². The molecule has 1 saturated heterocycles. The van der Waals surface area contributed by atoms with Gasteiger partial charge in [-0.1, -0.05) is 11.6 Å². The summed E-state index contributed by atoms with van der Waals surface area (Å²) in [6, 6.07) is 6.28. The van der Waals surface area contributed by atoms with Crippen LogP contribution in [0.3, 0.4) is 0 Å². The van der Waals surface area contributed by atoms with E-state index in [2.05, 4.69) is 35.9 Å². The van der Waals surface area contributed by atoms with Gasteiger partial charge in [0.15, 0.2) is 5.15 Å². The number of amides is 1. The molecule has 5 rings (SSSR count). The van der Waals surface area contributed by atoms with E-state index in [0.29, 0.717) is 47.4 Å². The second-order valence-corrected chi connectivity index (χ2v) is 9.79. The molecular weight excluding hydrogens is 482 g/mol. The van der Waals surface area contributed by atoms with Crippen molar-refractivity contribution in [3.05, 3.63) is 47.5 Å². The van der Waals surface area contributed by atoms with Crippen molar-refractivity contribution >= 4 is 40.2 Å². The number of carbonyl (C=O) groups excluding carboxylic acids is 1. The summed E-state index contributed by atoms with van der Waals surface area (Å²) in [6.07, 6.45) is 9.15. The van der Waals surface area contributed by atoms with Crippen molar-refractivity contribution in [2.45, 2.75) is 43.7 Å². The average Bonchev–Trinajstić information content (AvgIpc) is 2.87. The van der Waals surface area contributed by atoms with Crippen molar-refractivity contribution in [1.82, 2.24) is 25.3 Å². The Morgan fingerprint density at radius 3 is 2.56 bits per heavy atom. The Bertz CT molecular complexity index is 1180. The van der Waals surface area contributed by atoms with Gasteiger partial charge in [-0.25, -0.2) is 19.9 Å². The molecule has 0 bridgehead atoms. The van der Waals surface area contributed by atoms with Crippen molar-refractivity contribution in [3.8, 4) is 0 Å². The molecule has 10 nitrogen and oxygen atoms in total. The first-order valence-corrected chi connectivity index (χ1v) is 12.7. The Morgan fingerprint density at radius 1 is 1.08 bits per heavy atom. The van der Waals surface area contributed by atoms with Gasteiger partial charge in [0, 0.05) is 42.1 Å². The zero-order chi connectivity index (χ0) is 24.9. The van der Waals surface area contributed by atoms with Gasteiger partial charge in [0.25, 0.3) is 0 Å². The fourth-order valence-corrected chi connectivity index (χ4v) is 4.83. The number of aromatic nitrogens is 4. The number of nitrogens with one attached hydrogen (secondary N) is 3. The predicted molar refractivity (Wildman–Crippen MR) is 137 cm³/mol. The molecule has 190 valence electrons. The minimum Gasteiger partial charge on any atom is -0.395 e. The Balaban J connectivity index is 1.08. The summed E-state index contributed by atoms with van der Waals surface area (Å²) in [5, 5.41) is 20.8. The van der Waals surface area contributed by atoms with Crippen LogP contribution in [0.5, 0.6) is 0 Å². The van der Waals surface area contributed by atoms with Crippen LogP contribution in [0.4, 0.5) is 11.8 Å². The van der Waals surface area contributed by atoms with Crippen LogP contribution in [0.25, 0.3) is 10.9 Å². The summed E-state index contributed by atoms with van der Waals surface area (Å²) in [7, 11) is 0. The number of carbonyl (C=O) groups is 1. The van der Waals surface area contributed by atoms with Crippen LogP contribution in [0.15, 0.2) is 36.8 Å². The highest BCUT2D eigenvalue weighted by Gasteiger charge is 2.27. The van der Waals surface area contributed by atoms with E-state index in [0.717, 1.165) is 43.4 Å². The van der Waals surface area contributed by atoms with Gasteiger partial charge >= 0.3 is 0 Å². The number of hydrogen-bond acceptors (Lipinski definition) is 9. The first-order valence-electron chi connectivity index (χ1n) is 12.3. The first-order chi connectivity index (χ1) is 17.6. The van der Waals surface area contributed by atoms with Gasteiger partial charge in [0.05, 0.1) is 31.8 Å². The van der Waals surface area contributed by atoms with Gasteiger partial charge in [0.2, 0.25) is 11.9 Å². The molecule has 1 saturated carbocycles. The van der Waals surface area contributed by atoms with E-state index >= 15 is 0 Å². The second-order valence-electron chi connectivity index (χ2n) is 9.43.